The molecule has 0 saturated heterocycles. The number of rotatable bonds is 0. The molecule has 1 heterocycles. The summed E-state index contributed by atoms with van der Waals surface area (Å²) in [5.41, 5.74) is 0.465. The Bertz CT molecular complexity index is 234. The van der Waals surface area contributed by atoms with Crippen LogP contribution in [0.1, 0.15) is 5.69 Å². The summed E-state index contributed by atoms with van der Waals surface area (Å²) in [7, 11) is 0. The number of aromatic nitrogens is 1. The first-order valence-electron chi connectivity index (χ1n) is 2.43. The molecule has 9 heavy (non-hydrogen) atoms. The molecular formula is C6H4N2O. The quantitative estimate of drug-likeness (QED) is 0.483. The van der Waals surface area contributed by atoms with Crippen molar-refractivity contribution < 1.29 is 0 Å². The van der Waals surface area contributed by atoms with Crippen LogP contribution >= 0.6 is 0 Å². The summed E-state index contributed by atoms with van der Waals surface area (Å²) >= 11 is 0. The van der Waals surface area contributed by atoms with E-state index in [9.17, 15) is 5.21 Å². The lowest BCUT2D eigenvalue weighted by Gasteiger charge is -1.77. The molecule has 3 nitrogen and oxygen atoms in total. The van der Waals surface area contributed by atoms with Crippen molar-refractivity contribution in [3.63, 3.8) is 0 Å². The molecular weight excluding hydrogens is 116 g/mol. The van der Waals surface area contributed by atoms with Gasteiger partial charge in [-0.25, -0.2) is 4.98 Å². The summed E-state index contributed by atoms with van der Waals surface area (Å²) in [5.74, 6) is 0. The molecule has 1 rings (SSSR count). The third kappa shape index (κ3) is 1.42. The average molecular weight is 120 g/mol. The summed E-state index contributed by atoms with van der Waals surface area (Å²) in [6.45, 7) is 0. The maximum Gasteiger partial charge on any atom is 0.356 e. The van der Waals surface area contributed by atoms with Crippen LogP contribution in [-0.2, 0) is 0 Å². The molecule has 1 aromatic heterocycles. The lowest BCUT2D eigenvalue weighted by atomic mass is 10.4. The summed E-state index contributed by atoms with van der Waals surface area (Å²) in [5, 5.41) is 12.0. The van der Waals surface area contributed by atoms with E-state index in [-0.39, 0.29) is 0 Å². The highest BCUT2D eigenvalue weighted by Crippen LogP contribution is 1.88. The van der Waals surface area contributed by atoms with Crippen LogP contribution < -0.4 is 0 Å². The first-order valence-corrected chi connectivity index (χ1v) is 2.43. The van der Waals surface area contributed by atoms with E-state index in [0.29, 0.717) is 5.69 Å². The summed E-state index contributed by atoms with van der Waals surface area (Å²) < 4.78 is 0. The summed E-state index contributed by atoms with van der Waals surface area (Å²) in [4.78, 5) is 3.76. The lowest BCUT2D eigenvalue weighted by molar-refractivity contribution is 1.29. The number of hydrogen-bond acceptors (Lipinski definition) is 2. The molecule has 0 radical (unpaired) electrons. The molecule has 0 N–H and O–H groups in total. The average Bonchev–Trinajstić information content (AvgIpc) is 1.91. The van der Waals surface area contributed by atoms with Crippen LogP contribution in [0, 0.1) is 11.3 Å². The fourth-order valence-electron chi connectivity index (χ4n) is 0.476. The van der Waals surface area contributed by atoms with Crippen molar-refractivity contribution in [1.29, 1.82) is 0 Å². The molecule has 0 bridgehead atoms. The van der Waals surface area contributed by atoms with E-state index < -0.39 is 0 Å². The predicted molar refractivity (Wildman–Crippen MR) is 34.0 cm³/mol. The van der Waals surface area contributed by atoms with Crippen LogP contribution in [0.25, 0.3) is 5.01 Å². The number of nitrogens with zero attached hydrogens (tertiary/aromatic N) is 2. The third-order valence-electron chi connectivity index (χ3n) is 0.825. The Labute approximate surface area is 52.4 Å². The zero-order chi connectivity index (χ0) is 6.53. The van der Waals surface area contributed by atoms with E-state index in [1.807, 2.05) is 0 Å². The van der Waals surface area contributed by atoms with Gasteiger partial charge in [0.2, 0.25) is 0 Å². The van der Waals surface area contributed by atoms with E-state index >= 15 is 0 Å². The van der Waals surface area contributed by atoms with Crippen molar-refractivity contribution in [3.8, 4) is 6.07 Å². The minimum Gasteiger partial charge on any atom is -0.498 e. The van der Waals surface area contributed by atoms with Crippen LogP contribution in [0.15, 0.2) is 24.4 Å². The van der Waals surface area contributed by atoms with Crippen molar-refractivity contribution in [2.45, 2.75) is 0 Å². The Morgan fingerprint density at radius 1 is 1.56 bits per heavy atom. The van der Waals surface area contributed by atoms with Gasteiger partial charge in [-0.3, -0.25) is 0 Å². The van der Waals surface area contributed by atoms with E-state index in [1.165, 1.54) is 0 Å². The van der Waals surface area contributed by atoms with Gasteiger partial charge in [0.25, 0.3) is 0 Å². The molecule has 0 aliphatic rings. The Kier molecular flexibility index (Phi) is 1.66. The molecule has 3 heteroatoms. The molecule has 0 aliphatic carbocycles. The maximum atomic E-state index is 9.57. The largest absolute Gasteiger partial charge is 0.498 e. The molecule has 0 amide bonds. The Balaban J connectivity index is 2.94. The highest BCUT2D eigenvalue weighted by molar-refractivity contribution is 5.22. The smallest absolute Gasteiger partial charge is 0.356 e. The molecule has 0 fully saturated rings. The van der Waals surface area contributed by atoms with Gasteiger partial charge >= 0.3 is 6.07 Å². The van der Waals surface area contributed by atoms with Crippen LogP contribution in [0.4, 0.5) is 0 Å². The molecule has 0 spiro atoms. The Hall–Kier alpha value is -1.56. The van der Waals surface area contributed by atoms with E-state index in [2.05, 4.69) is 16.1 Å². The lowest BCUT2D eigenvalue weighted by Crippen LogP contribution is -1.75. The molecule has 1 aromatic rings. The van der Waals surface area contributed by atoms with E-state index in [4.69, 9.17) is 0 Å². The van der Waals surface area contributed by atoms with Crippen molar-refractivity contribution in [2.24, 2.45) is 0 Å². The Morgan fingerprint density at radius 2 is 2.44 bits per heavy atom. The molecule has 0 atom stereocenters. The second-order valence-corrected chi connectivity index (χ2v) is 1.42. The first kappa shape index (κ1) is 5.57. The molecule has 44 valence electrons. The van der Waals surface area contributed by atoms with Gasteiger partial charge < -0.3 is 5.21 Å². The molecule has 0 aliphatic heterocycles. The first-order chi connectivity index (χ1) is 4.43. The van der Waals surface area contributed by atoms with E-state index in [0.717, 1.165) is 0 Å². The Morgan fingerprint density at radius 3 is 3.00 bits per heavy atom. The normalized spacial score (nSPS) is 7.56. The van der Waals surface area contributed by atoms with Gasteiger partial charge in [-0.05, 0) is 12.1 Å². The molecule has 0 aromatic carbocycles. The third-order valence-corrected chi connectivity index (χ3v) is 0.825. The van der Waals surface area contributed by atoms with Gasteiger partial charge in [-0.15, -0.1) is 0 Å². The number of hydrogen-bond donors (Lipinski definition) is 0. The SMILES string of the molecule is [O-][N+]#Cc1ccccn1. The van der Waals surface area contributed by atoms with Gasteiger partial charge in [0, 0.05) is 11.2 Å². The highest BCUT2D eigenvalue weighted by Gasteiger charge is 1.89. The standard InChI is InChI=1S/C6H4N2O/c9-8-5-6-3-1-2-4-7-6/h1-4H. The van der Waals surface area contributed by atoms with Gasteiger partial charge in [0.05, 0.1) is 0 Å². The van der Waals surface area contributed by atoms with Crippen LogP contribution in [0.5, 0.6) is 0 Å². The second-order valence-electron chi connectivity index (χ2n) is 1.42. The molecule has 0 saturated carbocycles. The van der Waals surface area contributed by atoms with Gasteiger partial charge in [-0.1, -0.05) is 6.07 Å². The van der Waals surface area contributed by atoms with Crippen molar-refractivity contribution in [1.82, 2.24) is 4.98 Å². The predicted octanol–water partition coefficient (Wildman–Crippen LogP) is 1.26. The zero-order valence-corrected chi connectivity index (χ0v) is 4.61. The topological polar surface area (TPSA) is 40.3 Å². The maximum absolute atomic E-state index is 9.57. The van der Waals surface area contributed by atoms with Crippen molar-refractivity contribution in [2.75, 3.05) is 0 Å². The fourth-order valence-corrected chi connectivity index (χ4v) is 0.476. The summed E-state index contributed by atoms with van der Waals surface area (Å²) in [6.07, 6.45) is 1.58. The van der Waals surface area contributed by atoms with E-state index in [1.54, 1.807) is 24.4 Å². The summed E-state index contributed by atoms with van der Waals surface area (Å²) in [6, 6.07) is 7.34. The van der Waals surface area contributed by atoms with Crippen molar-refractivity contribution >= 4 is 0 Å². The zero-order valence-electron chi connectivity index (χ0n) is 4.61. The van der Waals surface area contributed by atoms with Gasteiger partial charge in [0.1, 0.15) is 0 Å². The minimum atomic E-state index is 0.465. The van der Waals surface area contributed by atoms with Gasteiger partial charge in [-0.2, -0.15) is 0 Å². The van der Waals surface area contributed by atoms with Crippen LogP contribution in [-0.4, -0.2) is 4.98 Å². The monoisotopic (exact) mass is 120 g/mol. The van der Waals surface area contributed by atoms with Crippen LogP contribution in [0.2, 0.25) is 0 Å². The van der Waals surface area contributed by atoms with Gasteiger partial charge in [0.15, 0.2) is 5.69 Å². The highest BCUT2D eigenvalue weighted by atomic mass is 16.4. The fraction of sp³-hybridized carbons (Fsp3) is 0. The van der Waals surface area contributed by atoms with Crippen molar-refractivity contribution in [3.05, 3.63) is 40.3 Å². The number of pyridine rings is 1. The molecule has 0 unspecified atom stereocenters. The second kappa shape index (κ2) is 2.68. The van der Waals surface area contributed by atoms with Crippen LogP contribution in [0.3, 0.4) is 0 Å². The minimum absolute atomic E-state index is 0.465.